The number of carbonyl (C=O) groups excluding carboxylic acids is 1. The van der Waals surface area contributed by atoms with Crippen molar-refractivity contribution in [1.29, 1.82) is 0 Å². The number of nitrogens with one attached hydrogen (secondary N) is 1. The van der Waals surface area contributed by atoms with Gasteiger partial charge >= 0.3 is 5.97 Å². The van der Waals surface area contributed by atoms with E-state index < -0.39 is 5.97 Å². The molecule has 0 aliphatic carbocycles. The third kappa shape index (κ3) is 3.32. The molecule has 0 unspecified atom stereocenters. The van der Waals surface area contributed by atoms with Crippen molar-refractivity contribution in [2.75, 3.05) is 19.6 Å². The van der Waals surface area contributed by atoms with Gasteiger partial charge in [0.15, 0.2) is 5.69 Å². The van der Waals surface area contributed by atoms with Gasteiger partial charge in [-0.3, -0.25) is 4.79 Å². The lowest BCUT2D eigenvalue weighted by Crippen LogP contribution is -2.47. The van der Waals surface area contributed by atoms with Gasteiger partial charge < -0.3 is 15.3 Å². The Morgan fingerprint density at radius 1 is 1.50 bits per heavy atom. The van der Waals surface area contributed by atoms with Crippen molar-refractivity contribution in [3.05, 3.63) is 11.9 Å². The molecular formula is C12H19N5O3. The third-order valence-electron chi connectivity index (χ3n) is 3.47. The van der Waals surface area contributed by atoms with Crippen LogP contribution in [0.2, 0.25) is 0 Å². The van der Waals surface area contributed by atoms with Crippen LogP contribution in [0.25, 0.3) is 0 Å². The van der Waals surface area contributed by atoms with E-state index >= 15 is 0 Å². The molecule has 0 aromatic carbocycles. The lowest BCUT2D eigenvalue weighted by atomic mass is 10.0. The van der Waals surface area contributed by atoms with Crippen LogP contribution in [0, 0.1) is 0 Å². The highest BCUT2D eigenvalue weighted by atomic mass is 16.4. The standard InChI is InChI=1S/C12H19N5O3/c1-2-17(9-3-5-13-6-4-9)11(18)8-16-7-10(12(19)20)14-15-16/h7,9,13H,2-6,8H2,1H3,(H,19,20). The smallest absolute Gasteiger partial charge is 0.358 e. The highest BCUT2D eigenvalue weighted by molar-refractivity contribution is 5.84. The second kappa shape index (κ2) is 6.47. The molecule has 1 saturated heterocycles. The number of carboxylic acids is 1. The summed E-state index contributed by atoms with van der Waals surface area (Å²) in [5.41, 5.74) is -0.150. The van der Waals surface area contributed by atoms with E-state index in [2.05, 4.69) is 15.6 Å². The predicted octanol–water partition coefficient (Wildman–Crippen LogP) is -0.423. The summed E-state index contributed by atoms with van der Waals surface area (Å²) in [5, 5.41) is 19.2. The summed E-state index contributed by atoms with van der Waals surface area (Å²) < 4.78 is 1.27. The molecule has 0 atom stereocenters. The van der Waals surface area contributed by atoms with Crippen LogP contribution in [0.15, 0.2) is 6.20 Å². The van der Waals surface area contributed by atoms with E-state index in [1.54, 1.807) is 0 Å². The minimum atomic E-state index is -1.14. The van der Waals surface area contributed by atoms with E-state index in [9.17, 15) is 9.59 Å². The molecule has 1 aliphatic heterocycles. The van der Waals surface area contributed by atoms with Gasteiger partial charge in [-0.15, -0.1) is 5.10 Å². The number of amides is 1. The third-order valence-corrected chi connectivity index (χ3v) is 3.47. The molecule has 2 rings (SSSR count). The Kier molecular flexibility index (Phi) is 4.67. The van der Waals surface area contributed by atoms with Gasteiger partial charge in [0.1, 0.15) is 6.54 Å². The zero-order valence-electron chi connectivity index (χ0n) is 11.4. The summed E-state index contributed by atoms with van der Waals surface area (Å²) in [6, 6.07) is 0.246. The molecule has 0 spiro atoms. The van der Waals surface area contributed by atoms with Crippen molar-refractivity contribution >= 4 is 11.9 Å². The molecule has 1 amide bonds. The van der Waals surface area contributed by atoms with Crippen LogP contribution in [-0.4, -0.2) is 62.6 Å². The Hall–Kier alpha value is -1.96. The second-order valence-corrected chi connectivity index (χ2v) is 4.77. The first kappa shape index (κ1) is 14.4. The fraction of sp³-hybridized carbons (Fsp3) is 0.667. The lowest BCUT2D eigenvalue weighted by Gasteiger charge is -2.33. The molecular weight excluding hydrogens is 262 g/mol. The van der Waals surface area contributed by atoms with Gasteiger partial charge in [0.2, 0.25) is 5.91 Å². The van der Waals surface area contributed by atoms with Crippen LogP contribution >= 0.6 is 0 Å². The Labute approximate surface area is 116 Å². The average Bonchev–Trinajstić information content (AvgIpc) is 2.89. The van der Waals surface area contributed by atoms with E-state index in [1.807, 2.05) is 11.8 Å². The lowest BCUT2D eigenvalue weighted by molar-refractivity contribution is -0.134. The molecule has 2 heterocycles. The number of piperidine rings is 1. The Bertz CT molecular complexity index is 481. The summed E-state index contributed by atoms with van der Waals surface area (Å²) in [5.74, 6) is -1.20. The van der Waals surface area contributed by atoms with Crippen molar-refractivity contribution in [3.8, 4) is 0 Å². The molecule has 0 radical (unpaired) electrons. The number of nitrogens with zero attached hydrogens (tertiary/aromatic N) is 4. The predicted molar refractivity (Wildman–Crippen MR) is 70.3 cm³/mol. The molecule has 1 fully saturated rings. The fourth-order valence-corrected chi connectivity index (χ4v) is 2.46. The summed E-state index contributed by atoms with van der Waals surface area (Å²) in [6.07, 6.45) is 3.16. The monoisotopic (exact) mass is 281 g/mol. The first-order chi connectivity index (χ1) is 9.61. The molecule has 8 heteroatoms. The maximum absolute atomic E-state index is 12.3. The molecule has 2 N–H and O–H groups in total. The molecule has 0 bridgehead atoms. The number of aromatic nitrogens is 3. The molecule has 20 heavy (non-hydrogen) atoms. The Morgan fingerprint density at radius 3 is 2.75 bits per heavy atom. The van der Waals surface area contributed by atoms with E-state index in [0.29, 0.717) is 6.54 Å². The van der Waals surface area contributed by atoms with Gasteiger partial charge in [0, 0.05) is 12.6 Å². The summed E-state index contributed by atoms with van der Waals surface area (Å²) in [6.45, 7) is 4.45. The average molecular weight is 281 g/mol. The Balaban J connectivity index is 1.99. The molecule has 1 aromatic rings. The largest absolute Gasteiger partial charge is 0.476 e. The normalized spacial score (nSPS) is 16.1. The molecule has 1 aliphatic rings. The van der Waals surface area contributed by atoms with Crippen LogP contribution in [0.5, 0.6) is 0 Å². The summed E-state index contributed by atoms with van der Waals surface area (Å²) >= 11 is 0. The maximum Gasteiger partial charge on any atom is 0.358 e. The zero-order chi connectivity index (χ0) is 14.5. The zero-order valence-corrected chi connectivity index (χ0v) is 11.4. The van der Waals surface area contributed by atoms with Crippen LogP contribution in [-0.2, 0) is 11.3 Å². The minimum absolute atomic E-state index is 0.0258. The molecule has 1 aromatic heterocycles. The van der Waals surface area contributed by atoms with Gasteiger partial charge in [0.05, 0.1) is 6.20 Å². The van der Waals surface area contributed by atoms with Gasteiger partial charge in [-0.1, -0.05) is 5.21 Å². The highest BCUT2D eigenvalue weighted by Crippen LogP contribution is 2.12. The second-order valence-electron chi connectivity index (χ2n) is 4.77. The van der Waals surface area contributed by atoms with Crippen molar-refractivity contribution in [2.45, 2.75) is 32.4 Å². The van der Waals surface area contributed by atoms with E-state index in [4.69, 9.17) is 5.11 Å². The number of likely N-dealkylation sites (N-methyl/N-ethyl adjacent to an activating group) is 1. The number of hydrogen-bond donors (Lipinski definition) is 2. The maximum atomic E-state index is 12.3. The number of rotatable bonds is 5. The van der Waals surface area contributed by atoms with Gasteiger partial charge in [-0.2, -0.15) is 0 Å². The molecule has 110 valence electrons. The van der Waals surface area contributed by atoms with Crippen LogP contribution in [0.3, 0.4) is 0 Å². The summed E-state index contributed by atoms with van der Waals surface area (Å²) in [4.78, 5) is 24.8. The van der Waals surface area contributed by atoms with Gasteiger partial charge in [0.25, 0.3) is 0 Å². The van der Waals surface area contributed by atoms with Crippen LogP contribution < -0.4 is 5.32 Å². The van der Waals surface area contributed by atoms with Gasteiger partial charge in [-0.05, 0) is 32.9 Å². The van der Waals surface area contributed by atoms with Crippen molar-refractivity contribution in [3.63, 3.8) is 0 Å². The van der Waals surface area contributed by atoms with E-state index in [1.165, 1.54) is 10.9 Å². The first-order valence-electron chi connectivity index (χ1n) is 6.75. The fourth-order valence-electron chi connectivity index (χ4n) is 2.46. The van der Waals surface area contributed by atoms with Crippen LogP contribution in [0.4, 0.5) is 0 Å². The highest BCUT2D eigenvalue weighted by Gasteiger charge is 2.24. The number of carboxylic acid groups (broad SMARTS) is 1. The van der Waals surface area contributed by atoms with Crippen molar-refractivity contribution < 1.29 is 14.7 Å². The quantitative estimate of drug-likeness (QED) is 0.760. The first-order valence-corrected chi connectivity index (χ1v) is 6.75. The van der Waals surface area contributed by atoms with E-state index in [0.717, 1.165) is 25.9 Å². The number of carbonyl (C=O) groups is 2. The Morgan fingerprint density at radius 2 is 2.20 bits per heavy atom. The number of hydrogen-bond acceptors (Lipinski definition) is 5. The van der Waals surface area contributed by atoms with Crippen molar-refractivity contribution in [1.82, 2.24) is 25.2 Å². The number of aromatic carboxylic acids is 1. The van der Waals surface area contributed by atoms with Gasteiger partial charge in [-0.25, -0.2) is 9.48 Å². The summed E-state index contributed by atoms with van der Waals surface area (Å²) in [7, 11) is 0. The topological polar surface area (TPSA) is 100 Å². The van der Waals surface area contributed by atoms with Crippen molar-refractivity contribution in [2.24, 2.45) is 0 Å². The van der Waals surface area contributed by atoms with E-state index in [-0.39, 0.29) is 24.2 Å². The SMILES string of the molecule is CCN(C(=O)Cn1cc(C(=O)O)nn1)C1CCNCC1. The van der Waals surface area contributed by atoms with Crippen LogP contribution in [0.1, 0.15) is 30.3 Å². The molecule has 8 nitrogen and oxygen atoms in total. The minimum Gasteiger partial charge on any atom is -0.476 e. The molecule has 0 saturated carbocycles.